The minimum absolute atomic E-state index is 0.875. The van der Waals surface area contributed by atoms with Crippen molar-refractivity contribution >= 4 is 25.3 Å². The number of hydrogen-bond donors (Lipinski definition) is 4. The lowest BCUT2D eigenvalue weighted by Crippen LogP contribution is -2.20. The first-order valence-electron chi connectivity index (χ1n) is 5.58. The van der Waals surface area contributed by atoms with Crippen LogP contribution in [-0.2, 0) is 13.1 Å². The summed E-state index contributed by atoms with van der Waals surface area (Å²) in [6, 6.07) is 8.51. The SMILES string of the molecule is SCCNCc1ccccc1CNCCS. The molecule has 90 valence electrons. The molecule has 0 bridgehead atoms. The van der Waals surface area contributed by atoms with Gasteiger partial charge in [0.05, 0.1) is 0 Å². The van der Waals surface area contributed by atoms with Gasteiger partial charge in [-0.25, -0.2) is 0 Å². The van der Waals surface area contributed by atoms with Gasteiger partial charge in [-0.2, -0.15) is 25.3 Å². The van der Waals surface area contributed by atoms with Crippen molar-refractivity contribution in [3.8, 4) is 0 Å². The lowest BCUT2D eigenvalue weighted by molar-refractivity contribution is 0.695. The molecule has 2 nitrogen and oxygen atoms in total. The van der Waals surface area contributed by atoms with E-state index in [-0.39, 0.29) is 0 Å². The molecule has 0 amide bonds. The third-order valence-electron chi connectivity index (χ3n) is 2.33. The van der Waals surface area contributed by atoms with E-state index in [4.69, 9.17) is 0 Å². The second kappa shape index (κ2) is 8.93. The highest BCUT2D eigenvalue weighted by Gasteiger charge is 2.00. The Bertz CT molecular complexity index is 263. The normalized spacial score (nSPS) is 10.6. The second-order valence-corrected chi connectivity index (χ2v) is 4.46. The van der Waals surface area contributed by atoms with E-state index in [1.165, 1.54) is 11.1 Å². The van der Waals surface area contributed by atoms with Gasteiger partial charge in [0.1, 0.15) is 0 Å². The summed E-state index contributed by atoms with van der Waals surface area (Å²) in [6.07, 6.45) is 0. The Balaban J connectivity index is 2.46. The first kappa shape index (κ1) is 13.9. The zero-order chi connectivity index (χ0) is 11.6. The van der Waals surface area contributed by atoms with Gasteiger partial charge < -0.3 is 10.6 Å². The smallest absolute Gasteiger partial charge is 0.0209 e. The highest BCUT2D eigenvalue weighted by Crippen LogP contribution is 2.08. The van der Waals surface area contributed by atoms with E-state index >= 15 is 0 Å². The predicted molar refractivity (Wildman–Crippen MR) is 77.6 cm³/mol. The molecular formula is C12H20N2S2. The highest BCUT2D eigenvalue weighted by atomic mass is 32.1. The van der Waals surface area contributed by atoms with Crippen molar-refractivity contribution in [1.29, 1.82) is 0 Å². The summed E-state index contributed by atoms with van der Waals surface area (Å²) in [7, 11) is 0. The van der Waals surface area contributed by atoms with E-state index in [0.717, 1.165) is 37.7 Å². The molecule has 0 fully saturated rings. The fourth-order valence-corrected chi connectivity index (χ4v) is 1.82. The zero-order valence-electron chi connectivity index (χ0n) is 9.45. The van der Waals surface area contributed by atoms with Crippen molar-refractivity contribution in [3.63, 3.8) is 0 Å². The zero-order valence-corrected chi connectivity index (χ0v) is 11.2. The largest absolute Gasteiger partial charge is 0.312 e. The quantitative estimate of drug-likeness (QED) is 0.421. The maximum absolute atomic E-state index is 4.18. The van der Waals surface area contributed by atoms with Gasteiger partial charge in [0.25, 0.3) is 0 Å². The average molecular weight is 256 g/mol. The topological polar surface area (TPSA) is 24.1 Å². The van der Waals surface area contributed by atoms with Gasteiger partial charge in [-0.1, -0.05) is 24.3 Å². The molecule has 1 aromatic rings. The minimum atomic E-state index is 0.875. The van der Waals surface area contributed by atoms with Crippen molar-refractivity contribution in [2.75, 3.05) is 24.6 Å². The number of rotatable bonds is 8. The van der Waals surface area contributed by atoms with E-state index in [1.807, 2.05) is 0 Å². The maximum atomic E-state index is 4.18. The molecule has 0 radical (unpaired) electrons. The molecule has 0 aliphatic rings. The molecule has 2 N–H and O–H groups in total. The Hall–Kier alpha value is -0.160. The molecule has 1 rings (SSSR count). The van der Waals surface area contributed by atoms with Crippen LogP contribution in [0.4, 0.5) is 0 Å². The van der Waals surface area contributed by atoms with E-state index in [2.05, 4.69) is 60.2 Å². The van der Waals surface area contributed by atoms with Crippen molar-refractivity contribution in [3.05, 3.63) is 35.4 Å². The molecule has 0 aliphatic carbocycles. The van der Waals surface area contributed by atoms with Gasteiger partial charge in [0, 0.05) is 37.7 Å². The van der Waals surface area contributed by atoms with Crippen LogP contribution in [0, 0.1) is 0 Å². The van der Waals surface area contributed by atoms with Crippen LogP contribution in [-0.4, -0.2) is 24.6 Å². The standard InChI is InChI=1S/C12H20N2S2/c15-7-5-13-9-11-3-1-2-4-12(11)10-14-6-8-16/h1-4,13-16H,5-10H2. The predicted octanol–water partition coefficient (Wildman–Crippen LogP) is 1.73. The second-order valence-electron chi connectivity index (χ2n) is 3.57. The van der Waals surface area contributed by atoms with Crippen LogP contribution in [0.5, 0.6) is 0 Å². The van der Waals surface area contributed by atoms with Crippen LogP contribution in [0.15, 0.2) is 24.3 Å². The van der Waals surface area contributed by atoms with Gasteiger partial charge in [-0.3, -0.25) is 0 Å². The molecule has 0 aromatic heterocycles. The van der Waals surface area contributed by atoms with Crippen LogP contribution >= 0.6 is 25.3 Å². The number of thiol groups is 2. The Morgan fingerprint density at radius 3 is 1.62 bits per heavy atom. The average Bonchev–Trinajstić information content (AvgIpc) is 2.32. The molecule has 0 heterocycles. The lowest BCUT2D eigenvalue weighted by Gasteiger charge is -2.10. The molecule has 0 saturated carbocycles. The van der Waals surface area contributed by atoms with Crippen LogP contribution < -0.4 is 10.6 Å². The third-order valence-corrected chi connectivity index (χ3v) is 2.77. The summed E-state index contributed by atoms with van der Waals surface area (Å²) in [5.41, 5.74) is 2.71. The Kier molecular flexibility index (Phi) is 7.76. The summed E-state index contributed by atoms with van der Waals surface area (Å²) in [6.45, 7) is 3.72. The molecule has 0 unspecified atom stereocenters. The van der Waals surface area contributed by atoms with E-state index in [0.29, 0.717) is 0 Å². The maximum Gasteiger partial charge on any atom is 0.0209 e. The van der Waals surface area contributed by atoms with Gasteiger partial charge in [-0.05, 0) is 11.1 Å². The van der Waals surface area contributed by atoms with Gasteiger partial charge in [0.2, 0.25) is 0 Å². The number of nitrogens with one attached hydrogen (secondary N) is 2. The summed E-state index contributed by atoms with van der Waals surface area (Å²) >= 11 is 8.36. The molecule has 0 spiro atoms. The van der Waals surface area contributed by atoms with E-state index in [1.54, 1.807) is 0 Å². The molecule has 0 aliphatic heterocycles. The molecule has 4 heteroatoms. The van der Waals surface area contributed by atoms with Crippen LogP contribution in [0.1, 0.15) is 11.1 Å². The molecule has 0 atom stereocenters. The van der Waals surface area contributed by atoms with Crippen molar-refractivity contribution in [1.82, 2.24) is 10.6 Å². The van der Waals surface area contributed by atoms with Crippen LogP contribution in [0.2, 0.25) is 0 Å². The van der Waals surface area contributed by atoms with Crippen LogP contribution in [0.3, 0.4) is 0 Å². The third kappa shape index (κ3) is 5.25. The van der Waals surface area contributed by atoms with Crippen molar-refractivity contribution in [2.24, 2.45) is 0 Å². The highest BCUT2D eigenvalue weighted by molar-refractivity contribution is 7.80. The molecule has 16 heavy (non-hydrogen) atoms. The van der Waals surface area contributed by atoms with Gasteiger partial charge in [-0.15, -0.1) is 0 Å². The fraction of sp³-hybridized carbons (Fsp3) is 0.500. The monoisotopic (exact) mass is 256 g/mol. The molecule has 0 saturated heterocycles. The van der Waals surface area contributed by atoms with Gasteiger partial charge in [0.15, 0.2) is 0 Å². The summed E-state index contributed by atoms with van der Waals surface area (Å²) < 4.78 is 0. The van der Waals surface area contributed by atoms with Crippen molar-refractivity contribution < 1.29 is 0 Å². The van der Waals surface area contributed by atoms with Gasteiger partial charge >= 0.3 is 0 Å². The minimum Gasteiger partial charge on any atom is -0.312 e. The Morgan fingerprint density at radius 1 is 0.812 bits per heavy atom. The summed E-state index contributed by atoms with van der Waals surface area (Å²) in [4.78, 5) is 0. The van der Waals surface area contributed by atoms with Crippen LogP contribution in [0.25, 0.3) is 0 Å². The summed E-state index contributed by atoms with van der Waals surface area (Å²) in [5, 5.41) is 6.73. The fourth-order valence-electron chi connectivity index (χ4n) is 1.51. The summed E-state index contributed by atoms with van der Waals surface area (Å²) in [5.74, 6) is 1.75. The Labute approximate surface area is 109 Å². The Morgan fingerprint density at radius 2 is 1.25 bits per heavy atom. The number of benzene rings is 1. The van der Waals surface area contributed by atoms with Crippen molar-refractivity contribution in [2.45, 2.75) is 13.1 Å². The first-order valence-corrected chi connectivity index (χ1v) is 6.85. The molecular weight excluding hydrogens is 236 g/mol. The number of hydrogen-bond acceptors (Lipinski definition) is 4. The molecule has 1 aromatic carbocycles. The van der Waals surface area contributed by atoms with E-state index in [9.17, 15) is 0 Å². The first-order chi connectivity index (χ1) is 7.88. The van der Waals surface area contributed by atoms with E-state index < -0.39 is 0 Å². The lowest BCUT2D eigenvalue weighted by atomic mass is 10.1.